The average molecular weight is 383 g/mol. The van der Waals surface area contributed by atoms with Gasteiger partial charge in [0.25, 0.3) is 5.91 Å². The highest BCUT2D eigenvalue weighted by Gasteiger charge is 2.23. The summed E-state index contributed by atoms with van der Waals surface area (Å²) in [5, 5.41) is 3.10. The standard InChI is InChI=1S/C22H29N3O3/c1-24(2)19-9-7-17(8-10-19)21(25-11-13-28-14-12-25)16-23-22(26)18-5-4-6-20(15-18)27-3/h4-10,15,21H,11-14,16H2,1-3H3,(H,23,26)/t21-/m0/s1. The molecule has 150 valence electrons. The summed E-state index contributed by atoms with van der Waals surface area (Å²) in [6.45, 7) is 3.69. The summed E-state index contributed by atoms with van der Waals surface area (Å²) in [6.07, 6.45) is 0. The lowest BCUT2D eigenvalue weighted by molar-refractivity contribution is 0.0162. The molecule has 0 unspecified atom stereocenters. The first-order valence-corrected chi connectivity index (χ1v) is 9.60. The van der Waals surface area contributed by atoms with Gasteiger partial charge in [0.2, 0.25) is 0 Å². The van der Waals surface area contributed by atoms with E-state index in [2.05, 4.69) is 39.4 Å². The third-order valence-corrected chi connectivity index (χ3v) is 5.07. The summed E-state index contributed by atoms with van der Waals surface area (Å²) in [7, 11) is 5.66. The number of anilines is 1. The van der Waals surface area contributed by atoms with Crippen LogP contribution in [0.5, 0.6) is 5.75 Å². The van der Waals surface area contributed by atoms with Gasteiger partial charge in [0.05, 0.1) is 26.4 Å². The highest BCUT2D eigenvalue weighted by atomic mass is 16.5. The maximum atomic E-state index is 12.7. The average Bonchev–Trinajstić information content (AvgIpc) is 2.75. The van der Waals surface area contributed by atoms with Crippen LogP contribution in [0.15, 0.2) is 48.5 Å². The molecule has 0 saturated carbocycles. The topological polar surface area (TPSA) is 54.0 Å². The van der Waals surface area contributed by atoms with Crippen molar-refractivity contribution in [2.24, 2.45) is 0 Å². The molecular weight excluding hydrogens is 354 g/mol. The van der Waals surface area contributed by atoms with Gasteiger partial charge >= 0.3 is 0 Å². The second kappa shape index (κ2) is 9.57. The molecule has 1 fully saturated rings. The predicted molar refractivity (Wildman–Crippen MR) is 111 cm³/mol. The third-order valence-electron chi connectivity index (χ3n) is 5.07. The minimum Gasteiger partial charge on any atom is -0.497 e. The number of hydrogen-bond acceptors (Lipinski definition) is 5. The summed E-state index contributed by atoms with van der Waals surface area (Å²) in [5.41, 5.74) is 2.95. The normalized spacial score (nSPS) is 15.7. The highest BCUT2D eigenvalue weighted by molar-refractivity contribution is 5.94. The van der Waals surface area contributed by atoms with E-state index in [4.69, 9.17) is 9.47 Å². The largest absolute Gasteiger partial charge is 0.497 e. The summed E-state index contributed by atoms with van der Waals surface area (Å²) >= 11 is 0. The molecule has 0 aliphatic carbocycles. The minimum atomic E-state index is -0.0953. The number of ether oxygens (including phenoxy) is 2. The van der Waals surface area contributed by atoms with E-state index in [-0.39, 0.29) is 11.9 Å². The van der Waals surface area contributed by atoms with Crippen molar-refractivity contribution in [3.05, 3.63) is 59.7 Å². The first kappa shape index (κ1) is 20.2. The molecule has 1 atom stereocenters. The van der Waals surface area contributed by atoms with Gasteiger partial charge in [0.1, 0.15) is 5.75 Å². The lowest BCUT2D eigenvalue weighted by Gasteiger charge is -2.35. The lowest BCUT2D eigenvalue weighted by atomic mass is 10.0. The van der Waals surface area contributed by atoms with Gasteiger partial charge in [0.15, 0.2) is 0 Å². The number of rotatable bonds is 7. The molecule has 2 aromatic carbocycles. The highest BCUT2D eigenvalue weighted by Crippen LogP contribution is 2.24. The van der Waals surface area contributed by atoms with E-state index in [9.17, 15) is 4.79 Å². The van der Waals surface area contributed by atoms with Crippen molar-refractivity contribution in [2.45, 2.75) is 6.04 Å². The Balaban J connectivity index is 1.74. The second-order valence-corrected chi connectivity index (χ2v) is 7.09. The number of carbonyl (C=O) groups excluding carboxylic acids is 1. The van der Waals surface area contributed by atoms with Crippen molar-refractivity contribution < 1.29 is 14.3 Å². The fraction of sp³-hybridized carbons (Fsp3) is 0.409. The summed E-state index contributed by atoms with van der Waals surface area (Å²) < 4.78 is 10.7. The van der Waals surface area contributed by atoms with E-state index >= 15 is 0 Å². The molecule has 3 rings (SSSR count). The molecule has 2 aromatic rings. The van der Waals surface area contributed by atoms with Crippen LogP contribution in [0, 0.1) is 0 Å². The molecule has 1 heterocycles. The minimum absolute atomic E-state index is 0.0953. The van der Waals surface area contributed by atoms with Gasteiger partial charge in [-0.3, -0.25) is 9.69 Å². The van der Waals surface area contributed by atoms with Crippen molar-refractivity contribution in [1.29, 1.82) is 0 Å². The van der Waals surface area contributed by atoms with Gasteiger partial charge in [-0.1, -0.05) is 18.2 Å². The Morgan fingerprint density at radius 3 is 2.54 bits per heavy atom. The Morgan fingerprint density at radius 2 is 1.89 bits per heavy atom. The maximum Gasteiger partial charge on any atom is 0.251 e. The van der Waals surface area contributed by atoms with Gasteiger partial charge < -0.3 is 19.7 Å². The Bertz CT molecular complexity index is 771. The van der Waals surface area contributed by atoms with Crippen LogP contribution in [0.3, 0.4) is 0 Å². The zero-order chi connectivity index (χ0) is 19.9. The molecule has 6 nitrogen and oxygen atoms in total. The van der Waals surface area contributed by atoms with Crippen molar-refractivity contribution in [2.75, 3.05) is 59.0 Å². The van der Waals surface area contributed by atoms with E-state index in [1.165, 1.54) is 5.56 Å². The van der Waals surface area contributed by atoms with Crippen molar-refractivity contribution in [1.82, 2.24) is 10.2 Å². The predicted octanol–water partition coefficient (Wildman–Crippen LogP) is 2.56. The first-order chi connectivity index (χ1) is 13.6. The molecule has 1 aliphatic heterocycles. The Morgan fingerprint density at radius 1 is 1.18 bits per heavy atom. The second-order valence-electron chi connectivity index (χ2n) is 7.09. The molecule has 1 saturated heterocycles. The number of benzene rings is 2. The Hall–Kier alpha value is -2.57. The summed E-state index contributed by atoms with van der Waals surface area (Å²) in [4.78, 5) is 17.1. The number of morpholine rings is 1. The molecule has 1 aliphatic rings. The molecule has 1 amide bonds. The zero-order valence-corrected chi connectivity index (χ0v) is 16.9. The van der Waals surface area contributed by atoms with Crippen LogP contribution in [0.25, 0.3) is 0 Å². The Kier molecular flexibility index (Phi) is 6.90. The van der Waals surface area contributed by atoms with Crippen LogP contribution in [-0.2, 0) is 4.74 Å². The van der Waals surface area contributed by atoms with Gasteiger partial charge in [-0.05, 0) is 35.9 Å². The van der Waals surface area contributed by atoms with E-state index < -0.39 is 0 Å². The van der Waals surface area contributed by atoms with E-state index in [1.54, 1.807) is 19.2 Å². The van der Waals surface area contributed by atoms with Crippen LogP contribution >= 0.6 is 0 Å². The molecule has 6 heteroatoms. The van der Waals surface area contributed by atoms with Crippen molar-refractivity contribution in [3.63, 3.8) is 0 Å². The molecule has 28 heavy (non-hydrogen) atoms. The van der Waals surface area contributed by atoms with Gasteiger partial charge in [-0.15, -0.1) is 0 Å². The van der Waals surface area contributed by atoms with Gasteiger partial charge in [-0.2, -0.15) is 0 Å². The van der Waals surface area contributed by atoms with Crippen LogP contribution in [-0.4, -0.2) is 64.9 Å². The monoisotopic (exact) mass is 383 g/mol. The quantitative estimate of drug-likeness (QED) is 0.796. The number of amides is 1. The smallest absolute Gasteiger partial charge is 0.251 e. The van der Waals surface area contributed by atoms with Crippen LogP contribution < -0.4 is 15.0 Å². The number of nitrogens with one attached hydrogen (secondary N) is 1. The van der Waals surface area contributed by atoms with E-state index in [0.717, 1.165) is 32.0 Å². The zero-order valence-electron chi connectivity index (χ0n) is 16.9. The molecule has 0 radical (unpaired) electrons. The first-order valence-electron chi connectivity index (χ1n) is 9.60. The lowest BCUT2D eigenvalue weighted by Crippen LogP contribution is -2.43. The van der Waals surface area contributed by atoms with Crippen LogP contribution in [0.4, 0.5) is 5.69 Å². The number of hydrogen-bond donors (Lipinski definition) is 1. The number of methoxy groups -OCH3 is 1. The molecular formula is C22H29N3O3. The fourth-order valence-corrected chi connectivity index (χ4v) is 3.40. The van der Waals surface area contributed by atoms with Crippen molar-refractivity contribution >= 4 is 11.6 Å². The van der Waals surface area contributed by atoms with E-state index in [1.807, 2.05) is 26.2 Å². The molecule has 1 N–H and O–H groups in total. The van der Waals surface area contributed by atoms with Crippen molar-refractivity contribution in [3.8, 4) is 5.75 Å². The maximum absolute atomic E-state index is 12.7. The molecule has 0 aromatic heterocycles. The van der Waals surface area contributed by atoms with Gasteiger partial charge in [-0.25, -0.2) is 0 Å². The Labute approximate surface area is 167 Å². The van der Waals surface area contributed by atoms with Crippen LogP contribution in [0.2, 0.25) is 0 Å². The number of nitrogens with zero attached hydrogens (tertiary/aromatic N) is 2. The number of carbonyl (C=O) groups is 1. The molecule has 0 spiro atoms. The summed E-state index contributed by atoms with van der Waals surface area (Å²) in [6, 6.07) is 15.8. The summed E-state index contributed by atoms with van der Waals surface area (Å²) in [5.74, 6) is 0.582. The SMILES string of the molecule is COc1cccc(C(=O)NC[C@@H](c2ccc(N(C)C)cc2)N2CCOCC2)c1. The van der Waals surface area contributed by atoms with E-state index in [0.29, 0.717) is 17.9 Å². The fourth-order valence-electron chi connectivity index (χ4n) is 3.40. The third kappa shape index (κ3) is 5.03. The molecule has 0 bridgehead atoms. The van der Waals surface area contributed by atoms with Gasteiger partial charge in [0, 0.05) is 45.0 Å². The van der Waals surface area contributed by atoms with Crippen LogP contribution in [0.1, 0.15) is 22.0 Å².